The van der Waals surface area contributed by atoms with Crippen LogP contribution in [0.4, 0.5) is 0 Å². The second-order valence-corrected chi connectivity index (χ2v) is 15.5. The summed E-state index contributed by atoms with van der Waals surface area (Å²) < 4.78 is 24.5. The lowest BCUT2D eigenvalue weighted by Crippen LogP contribution is -2.55. The van der Waals surface area contributed by atoms with Crippen molar-refractivity contribution in [1.82, 2.24) is 9.80 Å². The summed E-state index contributed by atoms with van der Waals surface area (Å²) in [5, 5.41) is 0.543. The maximum atomic E-state index is 12.2. The molecule has 0 amide bonds. The van der Waals surface area contributed by atoms with Crippen molar-refractivity contribution in [1.29, 1.82) is 0 Å². The Morgan fingerprint density at radius 1 is 1.04 bits per heavy atom. The minimum Gasteiger partial charge on any atom is -0.493 e. The van der Waals surface area contributed by atoms with Crippen molar-refractivity contribution in [3.8, 4) is 28.4 Å². The third kappa shape index (κ3) is 9.30. The Hall–Kier alpha value is -3.26. The van der Waals surface area contributed by atoms with E-state index < -0.39 is 5.60 Å². The smallest absolute Gasteiger partial charge is 0.307 e. The number of rotatable bonds is 15. The molecule has 1 heterocycles. The molecule has 1 atom stereocenters. The van der Waals surface area contributed by atoms with Gasteiger partial charge in [0.15, 0.2) is 0 Å². The first-order valence-electron chi connectivity index (χ1n) is 17.9. The van der Waals surface area contributed by atoms with Gasteiger partial charge in [-0.3, -0.25) is 9.69 Å². The van der Waals surface area contributed by atoms with Crippen molar-refractivity contribution in [3.05, 3.63) is 75.8 Å². The first-order valence-corrected chi connectivity index (χ1v) is 18.3. The van der Waals surface area contributed by atoms with Gasteiger partial charge < -0.3 is 23.8 Å². The van der Waals surface area contributed by atoms with Crippen molar-refractivity contribution < 1.29 is 23.7 Å². The summed E-state index contributed by atoms with van der Waals surface area (Å²) in [5.41, 5.74) is 6.90. The third-order valence-electron chi connectivity index (χ3n) is 9.71. The molecule has 2 aliphatic rings. The first kappa shape index (κ1) is 37.0. The number of ether oxygens (including phenoxy) is 4. The zero-order valence-corrected chi connectivity index (χ0v) is 31.5. The van der Waals surface area contributed by atoms with Gasteiger partial charge in [-0.1, -0.05) is 41.9 Å². The largest absolute Gasteiger partial charge is 0.493 e. The van der Waals surface area contributed by atoms with E-state index >= 15 is 0 Å². The molecule has 49 heavy (non-hydrogen) atoms. The maximum Gasteiger partial charge on any atom is 0.307 e. The Bertz CT molecular complexity index is 1610. The monoisotopic (exact) mass is 690 g/mol. The molecule has 3 aromatic rings. The van der Waals surface area contributed by atoms with Crippen LogP contribution in [-0.2, 0) is 22.5 Å². The maximum absolute atomic E-state index is 12.2. The van der Waals surface area contributed by atoms with Crippen LogP contribution < -0.4 is 14.2 Å². The van der Waals surface area contributed by atoms with Crippen molar-refractivity contribution in [2.24, 2.45) is 0 Å². The van der Waals surface area contributed by atoms with Crippen LogP contribution in [0.1, 0.15) is 95.6 Å². The molecule has 1 aliphatic heterocycles. The van der Waals surface area contributed by atoms with Crippen molar-refractivity contribution >= 4 is 17.6 Å². The van der Waals surface area contributed by atoms with Crippen LogP contribution in [-0.4, -0.2) is 66.8 Å². The molecule has 5 rings (SSSR count). The van der Waals surface area contributed by atoms with E-state index in [1.165, 1.54) is 40.8 Å². The lowest BCUT2D eigenvalue weighted by atomic mass is 9.89. The van der Waals surface area contributed by atoms with E-state index in [4.69, 9.17) is 30.5 Å². The van der Waals surface area contributed by atoms with Gasteiger partial charge in [-0.25, -0.2) is 0 Å². The van der Waals surface area contributed by atoms with Crippen LogP contribution in [0.25, 0.3) is 11.1 Å². The van der Waals surface area contributed by atoms with Crippen LogP contribution in [0.3, 0.4) is 0 Å². The molecular formula is C41H55ClN2O5. The molecule has 8 heteroatoms. The lowest BCUT2D eigenvalue weighted by Gasteiger charge is -2.48. The normalized spacial score (nSPS) is 17.1. The quantitative estimate of drug-likeness (QED) is 0.116. The summed E-state index contributed by atoms with van der Waals surface area (Å²) in [6.45, 7) is 19.0. The van der Waals surface area contributed by atoms with Gasteiger partial charge in [0.05, 0.1) is 24.7 Å². The van der Waals surface area contributed by atoms with Gasteiger partial charge in [-0.15, -0.1) is 0 Å². The fraction of sp³-hybridized carbons (Fsp3) is 0.537. The highest BCUT2D eigenvalue weighted by Gasteiger charge is 2.35. The topological polar surface area (TPSA) is 60.5 Å². The van der Waals surface area contributed by atoms with E-state index in [0.717, 1.165) is 42.9 Å². The van der Waals surface area contributed by atoms with Crippen LogP contribution in [0.15, 0.2) is 48.5 Å². The second kappa shape index (κ2) is 15.7. The molecule has 1 saturated heterocycles. The van der Waals surface area contributed by atoms with Gasteiger partial charge in [0, 0.05) is 43.3 Å². The molecule has 0 N–H and O–H groups in total. The molecule has 0 radical (unpaired) electrons. The van der Waals surface area contributed by atoms with Crippen LogP contribution in [0.5, 0.6) is 17.2 Å². The zero-order chi connectivity index (χ0) is 35.3. The Balaban J connectivity index is 1.26. The minimum atomic E-state index is -0.494. The molecule has 0 unspecified atom stereocenters. The Morgan fingerprint density at radius 2 is 1.80 bits per heavy atom. The highest BCUT2D eigenvalue weighted by Crippen LogP contribution is 2.44. The number of hydrogen-bond donors (Lipinski definition) is 0. The lowest BCUT2D eigenvalue weighted by molar-refractivity contribution is -0.155. The molecule has 0 spiro atoms. The molecule has 0 aromatic heterocycles. The van der Waals surface area contributed by atoms with E-state index in [-0.39, 0.29) is 12.1 Å². The SMILES string of the molecule is CCOc1cc(O[C@H]2CCc3c(-c4cccc(OCCCN5CCC5(C)C)c4C)cccc32)c(Cl)cc1CN(C)CCC(=O)OC(C)(C)C. The average Bonchev–Trinajstić information content (AvgIpc) is 3.44. The predicted molar refractivity (Wildman–Crippen MR) is 198 cm³/mol. The highest BCUT2D eigenvalue weighted by atomic mass is 35.5. The number of esters is 1. The molecule has 266 valence electrons. The van der Waals surface area contributed by atoms with Gasteiger partial charge in [0.25, 0.3) is 0 Å². The number of fused-ring (bicyclic) bond motifs is 1. The summed E-state index contributed by atoms with van der Waals surface area (Å²) in [7, 11) is 1.98. The summed E-state index contributed by atoms with van der Waals surface area (Å²) in [6, 6.07) is 16.7. The average molecular weight is 691 g/mol. The van der Waals surface area contributed by atoms with Gasteiger partial charge >= 0.3 is 5.97 Å². The molecule has 3 aromatic carbocycles. The van der Waals surface area contributed by atoms with E-state index in [2.05, 4.69) is 67.0 Å². The number of carbonyl (C=O) groups excluding carboxylic acids is 1. The minimum absolute atomic E-state index is 0.116. The number of nitrogens with zero attached hydrogens (tertiary/aromatic N) is 2. The first-order chi connectivity index (χ1) is 23.3. The van der Waals surface area contributed by atoms with Crippen molar-refractivity contribution in [3.63, 3.8) is 0 Å². The number of halogens is 1. The predicted octanol–water partition coefficient (Wildman–Crippen LogP) is 9.20. The third-order valence-corrected chi connectivity index (χ3v) is 10.0. The summed E-state index contributed by atoms with van der Waals surface area (Å²) >= 11 is 6.86. The summed E-state index contributed by atoms with van der Waals surface area (Å²) in [5.74, 6) is 2.09. The highest BCUT2D eigenvalue weighted by molar-refractivity contribution is 6.32. The Kier molecular flexibility index (Phi) is 11.9. The molecular weight excluding hydrogens is 636 g/mol. The van der Waals surface area contributed by atoms with Gasteiger partial charge in [-0.05, 0) is 121 Å². The fourth-order valence-corrected chi connectivity index (χ4v) is 7.13. The molecule has 1 aliphatic carbocycles. The summed E-state index contributed by atoms with van der Waals surface area (Å²) in [6.07, 6.45) is 4.27. The number of carbonyl (C=O) groups is 1. The van der Waals surface area contributed by atoms with Crippen LogP contribution in [0, 0.1) is 6.92 Å². The van der Waals surface area contributed by atoms with Gasteiger partial charge in [0.1, 0.15) is 29.0 Å². The van der Waals surface area contributed by atoms with Crippen molar-refractivity contribution in [2.75, 3.05) is 39.9 Å². The molecule has 1 fully saturated rings. The number of hydrogen-bond acceptors (Lipinski definition) is 7. The van der Waals surface area contributed by atoms with Gasteiger partial charge in [-0.2, -0.15) is 0 Å². The van der Waals surface area contributed by atoms with E-state index in [1.807, 2.05) is 46.9 Å². The second-order valence-electron chi connectivity index (χ2n) is 15.1. The van der Waals surface area contributed by atoms with E-state index in [0.29, 0.717) is 49.0 Å². The van der Waals surface area contributed by atoms with E-state index in [1.54, 1.807) is 0 Å². The summed E-state index contributed by atoms with van der Waals surface area (Å²) in [4.78, 5) is 16.9. The fourth-order valence-electron chi connectivity index (χ4n) is 6.90. The zero-order valence-electron chi connectivity index (χ0n) is 30.8. The molecule has 0 bridgehead atoms. The van der Waals surface area contributed by atoms with Crippen molar-refractivity contribution in [2.45, 2.75) is 104 Å². The van der Waals surface area contributed by atoms with Gasteiger partial charge in [0.2, 0.25) is 0 Å². The van der Waals surface area contributed by atoms with E-state index in [9.17, 15) is 4.79 Å². The molecule has 7 nitrogen and oxygen atoms in total. The van der Waals surface area contributed by atoms with Crippen LogP contribution >= 0.6 is 11.6 Å². The Labute approximate surface area is 298 Å². The Morgan fingerprint density at radius 3 is 2.49 bits per heavy atom. The van der Waals surface area contributed by atoms with Crippen LogP contribution in [0.2, 0.25) is 5.02 Å². The molecule has 0 saturated carbocycles. The standard InChI is InChI=1S/C41H55ClN2O5/c1-9-46-37-26-38(34(42)25-29(37)27-43(8)22-19-39(45)49-40(3,4)5)48-36-18-17-32-31(14-10-15-33(32)36)30-13-11-16-35(28(30)2)47-24-12-21-44-23-20-41(44,6)7/h10-11,13-16,25-26,36H,9,12,17-24,27H2,1-8H3/t36-/m0/s1. The number of likely N-dealkylation sites (tertiary alicyclic amines) is 1. The number of benzene rings is 3.